The molecule has 1 aromatic rings. The maximum absolute atomic E-state index is 12.3. The van der Waals surface area contributed by atoms with Gasteiger partial charge in [-0.2, -0.15) is 0 Å². The molecule has 2 unspecified atom stereocenters. The van der Waals surface area contributed by atoms with Gasteiger partial charge in [0.1, 0.15) is 5.76 Å². The van der Waals surface area contributed by atoms with Gasteiger partial charge < -0.3 is 9.84 Å². The maximum atomic E-state index is 12.3. The fourth-order valence-electron chi connectivity index (χ4n) is 2.59. The highest BCUT2D eigenvalue weighted by Gasteiger charge is 2.30. The number of sulfonamides is 1. The lowest BCUT2D eigenvalue weighted by Crippen LogP contribution is -2.44. The molecular weight excluding hydrogens is 266 g/mol. The number of nitrogens with one attached hydrogen (secondary N) is 2. The summed E-state index contributed by atoms with van der Waals surface area (Å²) >= 11 is 0. The number of aromatic nitrogens is 1. The van der Waals surface area contributed by atoms with E-state index in [0.717, 1.165) is 24.2 Å². The third kappa shape index (κ3) is 3.16. The van der Waals surface area contributed by atoms with Crippen molar-refractivity contribution in [1.82, 2.24) is 15.2 Å². The number of nitrogens with zero attached hydrogens (tertiary/aromatic N) is 1. The van der Waals surface area contributed by atoms with E-state index in [1.807, 2.05) is 13.8 Å². The first-order valence-corrected chi connectivity index (χ1v) is 8.11. The minimum absolute atomic E-state index is 0.321. The molecule has 0 radical (unpaired) electrons. The Kier molecular flexibility index (Phi) is 4.27. The summed E-state index contributed by atoms with van der Waals surface area (Å²) in [6, 6.07) is -0.321. The molecule has 0 bridgehead atoms. The average Bonchev–Trinajstić information content (AvgIpc) is 2.69. The van der Waals surface area contributed by atoms with Crippen LogP contribution in [0.15, 0.2) is 4.52 Å². The summed E-state index contributed by atoms with van der Waals surface area (Å²) in [6.07, 6.45) is 1.60. The van der Waals surface area contributed by atoms with Crippen LogP contribution in [0, 0.1) is 13.8 Å². The second kappa shape index (κ2) is 5.60. The molecule has 0 aliphatic carbocycles. The molecule has 1 aliphatic heterocycles. The van der Waals surface area contributed by atoms with E-state index in [1.54, 1.807) is 6.92 Å². The fourth-order valence-corrected chi connectivity index (χ4v) is 4.21. The molecule has 2 N–H and O–H groups in total. The van der Waals surface area contributed by atoms with E-state index in [4.69, 9.17) is 4.52 Å². The third-order valence-electron chi connectivity index (χ3n) is 3.55. The molecule has 2 rings (SSSR count). The first kappa shape index (κ1) is 14.5. The normalized spacial score (nSPS) is 22.4. The molecule has 0 saturated carbocycles. The predicted octanol–water partition coefficient (Wildman–Crippen LogP) is 1.02. The van der Waals surface area contributed by atoms with Gasteiger partial charge in [0, 0.05) is 18.2 Å². The SMILES string of the molecule is Cc1noc(C)c1C(C)NS(=O)(=O)C1CCCNC1. The van der Waals surface area contributed by atoms with Crippen LogP contribution in [0.25, 0.3) is 0 Å². The van der Waals surface area contributed by atoms with Gasteiger partial charge in [0.05, 0.1) is 10.9 Å². The molecule has 19 heavy (non-hydrogen) atoms. The van der Waals surface area contributed by atoms with Crippen molar-refractivity contribution in [1.29, 1.82) is 0 Å². The Hall–Kier alpha value is -0.920. The Morgan fingerprint density at radius 3 is 2.74 bits per heavy atom. The first-order chi connectivity index (χ1) is 8.92. The Labute approximate surface area is 114 Å². The summed E-state index contributed by atoms with van der Waals surface area (Å²) in [5.74, 6) is 0.662. The van der Waals surface area contributed by atoms with Crippen molar-refractivity contribution in [3.63, 3.8) is 0 Å². The zero-order chi connectivity index (χ0) is 14.0. The predicted molar refractivity (Wildman–Crippen MR) is 72.3 cm³/mol. The van der Waals surface area contributed by atoms with Crippen LogP contribution in [0.3, 0.4) is 0 Å². The topological polar surface area (TPSA) is 84.2 Å². The summed E-state index contributed by atoms with van der Waals surface area (Å²) in [5.41, 5.74) is 1.56. The molecule has 0 spiro atoms. The van der Waals surface area contributed by atoms with Crippen LogP contribution in [-0.4, -0.2) is 31.9 Å². The molecule has 0 amide bonds. The molecule has 108 valence electrons. The highest BCUT2D eigenvalue weighted by Crippen LogP contribution is 2.23. The smallest absolute Gasteiger partial charge is 0.216 e. The van der Waals surface area contributed by atoms with E-state index in [1.165, 1.54) is 0 Å². The molecule has 2 heterocycles. The van der Waals surface area contributed by atoms with Crippen LogP contribution in [0.5, 0.6) is 0 Å². The van der Waals surface area contributed by atoms with Gasteiger partial charge in [0.15, 0.2) is 0 Å². The van der Waals surface area contributed by atoms with Gasteiger partial charge >= 0.3 is 0 Å². The second-order valence-electron chi connectivity index (χ2n) is 5.09. The van der Waals surface area contributed by atoms with Gasteiger partial charge in [-0.05, 0) is 40.2 Å². The minimum atomic E-state index is -3.32. The largest absolute Gasteiger partial charge is 0.361 e. The third-order valence-corrected chi connectivity index (χ3v) is 5.52. The van der Waals surface area contributed by atoms with Crippen LogP contribution in [-0.2, 0) is 10.0 Å². The quantitative estimate of drug-likeness (QED) is 0.864. The van der Waals surface area contributed by atoms with Crippen molar-refractivity contribution in [3.8, 4) is 0 Å². The molecule has 1 aliphatic rings. The van der Waals surface area contributed by atoms with Crippen molar-refractivity contribution in [3.05, 3.63) is 17.0 Å². The van der Waals surface area contributed by atoms with Gasteiger partial charge in [0.2, 0.25) is 10.0 Å². The molecule has 2 atom stereocenters. The van der Waals surface area contributed by atoms with Crippen molar-refractivity contribution in [2.45, 2.75) is 44.9 Å². The average molecular weight is 287 g/mol. The van der Waals surface area contributed by atoms with E-state index in [9.17, 15) is 8.42 Å². The Bertz CT molecular complexity index is 513. The molecule has 1 aromatic heterocycles. The monoisotopic (exact) mass is 287 g/mol. The van der Waals surface area contributed by atoms with Gasteiger partial charge in [0.25, 0.3) is 0 Å². The molecular formula is C12H21N3O3S. The van der Waals surface area contributed by atoms with E-state index in [2.05, 4.69) is 15.2 Å². The Morgan fingerprint density at radius 2 is 2.21 bits per heavy atom. The summed E-state index contributed by atoms with van der Waals surface area (Å²) in [6.45, 7) is 6.84. The molecule has 1 fully saturated rings. The van der Waals surface area contributed by atoms with E-state index < -0.39 is 10.0 Å². The van der Waals surface area contributed by atoms with Gasteiger partial charge in [-0.3, -0.25) is 0 Å². The number of aryl methyl sites for hydroxylation is 2. The minimum Gasteiger partial charge on any atom is -0.361 e. The zero-order valence-electron chi connectivity index (χ0n) is 11.6. The highest BCUT2D eigenvalue weighted by molar-refractivity contribution is 7.90. The second-order valence-corrected chi connectivity index (χ2v) is 7.08. The first-order valence-electron chi connectivity index (χ1n) is 6.56. The van der Waals surface area contributed by atoms with Gasteiger partial charge in [-0.25, -0.2) is 13.1 Å². The van der Waals surface area contributed by atoms with E-state index in [0.29, 0.717) is 18.7 Å². The number of hydrogen-bond acceptors (Lipinski definition) is 5. The fraction of sp³-hybridized carbons (Fsp3) is 0.750. The van der Waals surface area contributed by atoms with E-state index >= 15 is 0 Å². The van der Waals surface area contributed by atoms with Crippen molar-refractivity contribution in [2.75, 3.05) is 13.1 Å². The van der Waals surface area contributed by atoms with Crippen LogP contribution in [0.2, 0.25) is 0 Å². The van der Waals surface area contributed by atoms with Gasteiger partial charge in [-0.1, -0.05) is 5.16 Å². The summed E-state index contributed by atoms with van der Waals surface area (Å²) in [4.78, 5) is 0. The van der Waals surface area contributed by atoms with Crippen LogP contribution >= 0.6 is 0 Å². The van der Waals surface area contributed by atoms with Crippen molar-refractivity contribution in [2.24, 2.45) is 0 Å². The molecule has 6 nitrogen and oxygen atoms in total. The lowest BCUT2D eigenvalue weighted by atomic mass is 10.1. The number of piperidine rings is 1. The number of rotatable bonds is 4. The van der Waals surface area contributed by atoms with Gasteiger partial charge in [-0.15, -0.1) is 0 Å². The Balaban J connectivity index is 2.11. The van der Waals surface area contributed by atoms with E-state index in [-0.39, 0.29) is 11.3 Å². The van der Waals surface area contributed by atoms with Crippen LogP contribution in [0.4, 0.5) is 0 Å². The summed E-state index contributed by atoms with van der Waals surface area (Å²) in [5, 5.41) is 6.62. The molecule has 1 saturated heterocycles. The summed E-state index contributed by atoms with van der Waals surface area (Å²) < 4.78 is 32.4. The number of hydrogen-bond donors (Lipinski definition) is 2. The van der Waals surface area contributed by atoms with Crippen LogP contribution in [0.1, 0.15) is 42.8 Å². The lowest BCUT2D eigenvalue weighted by Gasteiger charge is -2.25. The molecule has 7 heteroatoms. The highest BCUT2D eigenvalue weighted by atomic mass is 32.2. The molecule has 0 aromatic carbocycles. The standard InChI is InChI=1S/C12H21N3O3S/c1-8-12(10(3)18-14-8)9(2)15-19(16,17)11-5-4-6-13-7-11/h9,11,13,15H,4-7H2,1-3H3. The van der Waals surface area contributed by atoms with Crippen molar-refractivity contribution >= 4 is 10.0 Å². The Morgan fingerprint density at radius 1 is 1.47 bits per heavy atom. The summed E-state index contributed by atoms with van der Waals surface area (Å²) in [7, 11) is -3.32. The van der Waals surface area contributed by atoms with Crippen molar-refractivity contribution < 1.29 is 12.9 Å². The zero-order valence-corrected chi connectivity index (χ0v) is 12.4. The maximum Gasteiger partial charge on any atom is 0.216 e. The van der Waals surface area contributed by atoms with Crippen LogP contribution < -0.4 is 10.0 Å². The lowest BCUT2D eigenvalue weighted by molar-refractivity contribution is 0.391.